The van der Waals surface area contributed by atoms with Gasteiger partial charge in [0, 0.05) is 25.0 Å². The Bertz CT molecular complexity index is 320. The summed E-state index contributed by atoms with van der Waals surface area (Å²) in [6.45, 7) is 6.51. The van der Waals surface area contributed by atoms with Gasteiger partial charge in [-0.3, -0.25) is 0 Å². The highest BCUT2D eigenvalue weighted by Crippen LogP contribution is 2.09. The summed E-state index contributed by atoms with van der Waals surface area (Å²) in [5, 5.41) is 6.65. The summed E-state index contributed by atoms with van der Waals surface area (Å²) in [4.78, 5) is 8.69. The SMILES string of the molecule is CC(C)Cc1cnc(NC2CCNC2)nc1.Cl. The van der Waals surface area contributed by atoms with E-state index in [4.69, 9.17) is 0 Å². The lowest BCUT2D eigenvalue weighted by atomic mass is 10.1. The second kappa shape index (κ2) is 6.77. The van der Waals surface area contributed by atoms with Crippen LogP contribution in [-0.4, -0.2) is 29.1 Å². The summed E-state index contributed by atoms with van der Waals surface area (Å²) >= 11 is 0. The number of nitrogens with one attached hydrogen (secondary N) is 2. The van der Waals surface area contributed by atoms with Crippen LogP contribution < -0.4 is 10.6 Å². The Morgan fingerprint density at radius 3 is 2.65 bits per heavy atom. The first-order valence-corrected chi connectivity index (χ1v) is 6.02. The van der Waals surface area contributed by atoms with Crippen LogP contribution in [0.4, 0.5) is 5.95 Å². The Morgan fingerprint density at radius 2 is 2.12 bits per heavy atom. The van der Waals surface area contributed by atoms with E-state index in [1.807, 2.05) is 12.4 Å². The maximum atomic E-state index is 4.35. The molecule has 0 bridgehead atoms. The topological polar surface area (TPSA) is 49.8 Å². The minimum atomic E-state index is 0. The van der Waals surface area contributed by atoms with Crippen molar-refractivity contribution < 1.29 is 0 Å². The highest BCUT2D eigenvalue weighted by molar-refractivity contribution is 5.85. The average Bonchev–Trinajstić information content (AvgIpc) is 2.73. The van der Waals surface area contributed by atoms with Crippen LogP contribution in [0.1, 0.15) is 25.8 Å². The zero-order valence-electron chi connectivity index (χ0n) is 10.4. The van der Waals surface area contributed by atoms with E-state index in [9.17, 15) is 0 Å². The Kier molecular flexibility index (Phi) is 5.65. The third-order valence-electron chi connectivity index (χ3n) is 2.74. The van der Waals surface area contributed by atoms with Gasteiger partial charge in [-0.15, -0.1) is 12.4 Å². The van der Waals surface area contributed by atoms with Gasteiger partial charge in [0.15, 0.2) is 0 Å². The standard InChI is InChI=1S/C12H20N4.ClH/c1-9(2)5-10-6-14-12(15-7-10)16-11-3-4-13-8-11;/h6-7,9,11,13H,3-5,8H2,1-2H3,(H,14,15,16);1H. The predicted molar refractivity (Wildman–Crippen MR) is 72.7 cm³/mol. The Balaban J connectivity index is 0.00000144. The third kappa shape index (κ3) is 4.48. The highest BCUT2D eigenvalue weighted by atomic mass is 35.5. The molecule has 1 fully saturated rings. The second-order valence-corrected chi connectivity index (χ2v) is 4.85. The zero-order chi connectivity index (χ0) is 11.4. The molecule has 1 aromatic rings. The first-order valence-electron chi connectivity index (χ1n) is 6.02. The van der Waals surface area contributed by atoms with Crippen molar-refractivity contribution in [2.45, 2.75) is 32.7 Å². The molecule has 1 unspecified atom stereocenters. The van der Waals surface area contributed by atoms with E-state index in [1.165, 1.54) is 5.56 Å². The van der Waals surface area contributed by atoms with Gasteiger partial charge >= 0.3 is 0 Å². The van der Waals surface area contributed by atoms with E-state index >= 15 is 0 Å². The predicted octanol–water partition coefficient (Wildman–Crippen LogP) is 1.87. The van der Waals surface area contributed by atoms with Crippen molar-refractivity contribution in [3.05, 3.63) is 18.0 Å². The van der Waals surface area contributed by atoms with Crippen molar-refractivity contribution in [3.8, 4) is 0 Å². The number of rotatable bonds is 4. The number of nitrogens with zero attached hydrogens (tertiary/aromatic N) is 2. The van der Waals surface area contributed by atoms with Crippen LogP contribution >= 0.6 is 12.4 Å². The minimum absolute atomic E-state index is 0. The summed E-state index contributed by atoms with van der Waals surface area (Å²) in [7, 11) is 0. The minimum Gasteiger partial charge on any atom is -0.350 e. The fraction of sp³-hybridized carbons (Fsp3) is 0.667. The molecular formula is C12H21ClN4. The molecule has 1 aliphatic rings. The number of aromatic nitrogens is 2. The van der Waals surface area contributed by atoms with Gasteiger partial charge in [0.1, 0.15) is 0 Å². The summed E-state index contributed by atoms with van der Waals surface area (Å²) < 4.78 is 0. The zero-order valence-corrected chi connectivity index (χ0v) is 11.3. The van der Waals surface area contributed by atoms with Crippen LogP contribution in [0.3, 0.4) is 0 Å². The average molecular weight is 257 g/mol. The van der Waals surface area contributed by atoms with Crippen molar-refractivity contribution in [3.63, 3.8) is 0 Å². The fourth-order valence-corrected chi connectivity index (χ4v) is 1.97. The van der Waals surface area contributed by atoms with Gasteiger partial charge in [0.25, 0.3) is 0 Å². The van der Waals surface area contributed by atoms with E-state index in [0.29, 0.717) is 12.0 Å². The van der Waals surface area contributed by atoms with Crippen molar-refractivity contribution in [2.75, 3.05) is 18.4 Å². The molecule has 17 heavy (non-hydrogen) atoms. The molecular weight excluding hydrogens is 236 g/mol. The van der Waals surface area contributed by atoms with Gasteiger partial charge in [-0.2, -0.15) is 0 Å². The van der Waals surface area contributed by atoms with Gasteiger partial charge < -0.3 is 10.6 Å². The highest BCUT2D eigenvalue weighted by Gasteiger charge is 2.14. The van der Waals surface area contributed by atoms with Crippen molar-refractivity contribution in [1.29, 1.82) is 0 Å². The summed E-state index contributed by atoms with van der Waals surface area (Å²) in [5.41, 5.74) is 1.21. The number of hydrogen-bond acceptors (Lipinski definition) is 4. The Hall–Kier alpha value is -0.870. The fourth-order valence-electron chi connectivity index (χ4n) is 1.97. The normalized spacial score (nSPS) is 19.1. The molecule has 0 saturated carbocycles. The maximum Gasteiger partial charge on any atom is 0.222 e. The first kappa shape index (κ1) is 14.2. The molecule has 2 N–H and O–H groups in total. The van der Waals surface area contributed by atoms with Crippen LogP contribution in [0.5, 0.6) is 0 Å². The molecule has 0 radical (unpaired) electrons. The molecule has 1 aliphatic heterocycles. The molecule has 5 heteroatoms. The number of anilines is 1. The molecule has 0 aromatic carbocycles. The molecule has 2 heterocycles. The molecule has 96 valence electrons. The van der Waals surface area contributed by atoms with Gasteiger partial charge in [-0.1, -0.05) is 13.8 Å². The molecule has 0 amide bonds. The van der Waals surface area contributed by atoms with E-state index in [1.54, 1.807) is 0 Å². The van der Waals surface area contributed by atoms with E-state index in [-0.39, 0.29) is 12.4 Å². The van der Waals surface area contributed by atoms with Crippen LogP contribution in [0.2, 0.25) is 0 Å². The number of hydrogen-bond donors (Lipinski definition) is 2. The van der Waals surface area contributed by atoms with Crippen LogP contribution in [-0.2, 0) is 6.42 Å². The van der Waals surface area contributed by atoms with Gasteiger partial charge in [-0.05, 0) is 30.9 Å². The van der Waals surface area contributed by atoms with Crippen molar-refractivity contribution in [2.24, 2.45) is 5.92 Å². The molecule has 0 aliphatic carbocycles. The maximum absolute atomic E-state index is 4.35. The smallest absolute Gasteiger partial charge is 0.222 e. The second-order valence-electron chi connectivity index (χ2n) is 4.85. The lowest BCUT2D eigenvalue weighted by Gasteiger charge is -2.11. The molecule has 0 spiro atoms. The van der Waals surface area contributed by atoms with Gasteiger partial charge in [0.05, 0.1) is 0 Å². The molecule has 1 saturated heterocycles. The largest absolute Gasteiger partial charge is 0.350 e. The van der Waals surface area contributed by atoms with Crippen molar-refractivity contribution >= 4 is 18.4 Å². The number of halogens is 1. The Labute approximate surface area is 109 Å². The van der Waals surface area contributed by atoms with E-state index in [0.717, 1.165) is 31.9 Å². The van der Waals surface area contributed by atoms with Gasteiger partial charge in [-0.25, -0.2) is 9.97 Å². The van der Waals surface area contributed by atoms with Crippen LogP contribution in [0.25, 0.3) is 0 Å². The quantitative estimate of drug-likeness (QED) is 0.864. The first-order chi connectivity index (χ1) is 7.74. The third-order valence-corrected chi connectivity index (χ3v) is 2.74. The monoisotopic (exact) mass is 256 g/mol. The summed E-state index contributed by atoms with van der Waals surface area (Å²) in [6, 6.07) is 0.482. The Morgan fingerprint density at radius 1 is 1.41 bits per heavy atom. The van der Waals surface area contributed by atoms with Crippen LogP contribution in [0.15, 0.2) is 12.4 Å². The molecule has 1 aromatic heterocycles. The lowest BCUT2D eigenvalue weighted by Crippen LogP contribution is -2.23. The molecule has 1 atom stereocenters. The van der Waals surface area contributed by atoms with Crippen LogP contribution in [0, 0.1) is 5.92 Å². The van der Waals surface area contributed by atoms with E-state index in [2.05, 4.69) is 34.4 Å². The molecule has 4 nitrogen and oxygen atoms in total. The summed E-state index contributed by atoms with van der Waals surface area (Å²) in [5.74, 6) is 1.41. The van der Waals surface area contributed by atoms with Gasteiger partial charge in [0.2, 0.25) is 5.95 Å². The van der Waals surface area contributed by atoms with Crippen molar-refractivity contribution in [1.82, 2.24) is 15.3 Å². The van der Waals surface area contributed by atoms with E-state index < -0.39 is 0 Å². The molecule has 2 rings (SSSR count). The summed E-state index contributed by atoms with van der Waals surface area (Å²) in [6.07, 6.45) is 6.05. The lowest BCUT2D eigenvalue weighted by molar-refractivity contribution is 0.643.